The highest BCUT2D eigenvalue weighted by Crippen LogP contribution is 2.33. The van der Waals surface area contributed by atoms with Crippen molar-refractivity contribution in [2.45, 2.75) is 24.2 Å². The molecule has 0 aliphatic heterocycles. The number of hydrogen-bond acceptors (Lipinski definition) is 4. The molecule has 0 spiro atoms. The van der Waals surface area contributed by atoms with E-state index >= 15 is 0 Å². The fourth-order valence-electron chi connectivity index (χ4n) is 1.58. The highest BCUT2D eigenvalue weighted by molar-refractivity contribution is 8.01. The van der Waals surface area contributed by atoms with Gasteiger partial charge in [0.05, 0.1) is 11.8 Å². The lowest BCUT2D eigenvalue weighted by atomic mass is 10.4. The first kappa shape index (κ1) is 14.6. The Hall–Kier alpha value is -1.77. The first-order valence-corrected chi connectivity index (χ1v) is 6.55. The van der Waals surface area contributed by atoms with E-state index < -0.39 is 16.7 Å². The third kappa shape index (κ3) is 3.62. The van der Waals surface area contributed by atoms with Crippen LogP contribution >= 0.6 is 11.8 Å². The van der Waals surface area contributed by atoms with Crippen molar-refractivity contribution in [2.75, 3.05) is 0 Å². The van der Waals surface area contributed by atoms with Gasteiger partial charge in [-0.25, -0.2) is 0 Å². The minimum absolute atomic E-state index is 0.0206. The molecule has 1 atom stereocenters. The molecule has 9 heteroatoms. The number of carbonyl (C=O) groups excluding carboxylic acids is 1. The van der Waals surface area contributed by atoms with E-state index in [9.17, 15) is 18.0 Å². The summed E-state index contributed by atoms with van der Waals surface area (Å²) in [4.78, 5) is 11.6. The zero-order valence-corrected chi connectivity index (χ0v) is 11.2. The van der Waals surface area contributed by atoms with Gasteiger partial charge in [0.2, 0.25) is 5.91 Å². The average Bonchev–Trinajstić information content (AvgIpc) is 2.77. The topological polar surface area (TPSA) is 59.3 Å². The number of thioether (sulfide) groups is 1. The van der Waals surface area contributed by atoms with Crippen LogP contribution < -0.4 is 5.32 Å². The van der Waals surface area contributed by atoms with Crippen LogP contribution in [-0.2, 0) is 11.3 Å². The summed E-state index contributed by atoms with van der Waals surface area (Å²) in [5.41, 5.74) is -3.83. The van der Waals surface area contributed by atoms with Crippen molar-refractivity contribution >= 4 is 23.3 Å². The molecule has 0 aliphatic rings. The third-order valence-corrected chi connectivity index (χ3v) is 3.32. The molecule has 2 aromatic heterocycles. The Morgan fingerprint density at radius 2 is 2.20 bits per heavy atom. The van der Waals surface area contributed by atoms with Crippen LogP contribution in [0.15, 0.2) is 24.4 Å². The van der Waals surface area contributed by atoms with E-state index in [2.05, 4.69) is 15.5 Å². The fraction of sp³-hybridized carbons (Fsp3) is 0.364. The van der Waals surface area contributed by atoms with Crippen molar-refractivity contribution in [3.63, 3.8) is 0 Å². The molecule has 1 N–H and O–H groups in total. The molecule has 1 unspecified atom stereocenters. The van der Waals surface area contributed by atoms with Gasteiger partial charge in [-0.05, 0) is 30.8 Å². The van der Waals surface area contributed by atoms with Gasteiger partial charge in [-0.1, -0.05) is 6.07 Å². The molecule has 0 fully saturated rings. The molecule has 0 saturated carbocycles. The van der Waals surface area contributed by atoms with Gasteiger partial charge < -0.3 is 5.32 Å². The smallest absolute Gasteiger partial charge is 0.348 e. The second kappa shape index (κ2) is 5.70. The van der Waals surface area contributed by atoms with Crippen LogP contribution in [0.25, 0.3) is 5.65 Å². The molecule has 2 rings (SSSR count). The highest BCUT2D eigenvalue weighted by Gasteiger charge is 2.34. The molecule has 0 bridgehead atoms. The number of fused-ring (bicyclic) bond motifs is 1. The summed E-state index contributed by atoms with van der Waals surface area (Å²) in [5, 5.41) is 8.95. The SMILES string of the molecule is CC(SC(F)(F)F)C(=O)NCc1nnc2ccccn12. The second-order valence-electron chi connectivity index (χ2n) is 3.97. The molecule has 5 nitrogen and oxygen atoms in total. The number of nitrogens with zero attached hydrogens (tertiary/aromatic N) is 3. The molecule has 0 aliphatic carbocycles. The zero-order chi connectivity index (χ0) is 14.8. The first-order chi connectivity index (χ1) is 9.37. The van der Waals surface area contributed by atoms with Gasteiger partial charge in [-0.15, -0.1) is 10.2 Å². The average molecular weight is 304 g/mol. The van der Waals surface area contributed by atoms with E-state index in [4.69, 9.17) is 0 Å². The molecule has 2 heterocycles. The zero-order valence-electron chi connectivity index (χ0n) is 10.4. The summed E-state index contributed by atoms with van der Waals surface area (Å²) in [6, 6.07) is 5.29. The fourth-order valence-corrected chi connectivity index (χ4v) is 2.17. The normalized spacial score (nSPS) is 13.4. The van der Waals surface area contributed by atoms with Gasteiger partial charge in [-0.3, -0.25) is 9.20 Å². The molecule has 2 aromatic rings. The Bertz CT molecular complexity index is 613. The van der Waals surface area contributed by atoms with E-state index in [1.54, 1.807) is 28.8 Å². The lowest BCUT2D eigenvalue weighted by molar-refractivity contribution is -0.120. The standard InChI is InChI=1S/C11H11F3N4OS/c1-7(20-11(12,13)14)10(19)15-6-9-17-16-8-4-2-3-5-18(8)9/h2-5,7H,6H2,1H3,(H,15,19). The van der Waals surface area contributed by atoms with E-state index in [1.807, 2.05) is 0 Å². The number of hydrogen-bond donors (Lipinski definition) is 1. The van der Waals surface area contributed by atoms with Crippen molar-refractivity contribution in [2.24, 2.45) is 0 Å². The Labute approximate surface area is 116 Å². The van der Waals surface area contributed by atoms with Crippen LogP contribution in [-0.4, -0.2) is 31.3 Å². The quantitative estimate of drug-likeness (QED) is 0.938. The van der Waals surface area contributed by atoms with E-state index in [0.29, 0.717) is 11.5 Å². The number of carbonyl (C=O) groups is 1. The minimum atomic E-state index is -4.43. The number of aromatic nitrogens is 3. The summed E-state index contributed by atoms with van der Waals surface area (Å²) in [7, 11) is 0. The van der Waals surface area contributed by atoms with Crippen LogP contribution in [0.1, 0.15) is 12.7 Å². The van der Waals surface area contributed by atoms with E-state index in [-0.39, 0.29) is 18.3 Å². The Morgan fingerprint density at radius 1 is 1.45 bits per heavy atom. The molecule has 1 amide bonds. The third-order valence-electron chi connectivity index (χ3n) is 2.48. The number of halogens is 3. The molecule has 108 valence electrons. The summed E-state index contributed by atoms with van der Waals surface area (Å²) >= 11 is -0.349. The Morgan fingerprint density at radius 3 is 2.90 bits per heavy atom. The number of amides is 1. The van der Waals surface area contributed by atoms with Gasteiger partial charge in [0.25, 0.3) is 0 Å². The maximum absolute atomic E-state index is 12.1. The van der Waals surface area contributed by atoms with Crippen molar-refractivity contribution in [3.05, 3.63) is 30.2 Å². The predicted octanol–water partition coefficient (Wildman–Crippen LogP) is 1.99. The maximum Gasteiger partial charge on any atom is 0.442 e. The monoisotopic (exact) mass is 304 g/mol. The van der Waals surface area contributed by atoms with Crippen molar-refractivity contribution < 1.29 is 18.0 Å². The first-order valence-electron chi connectivity index (χ1n) is 5.68. The number of nitrogens with one attached hydrogen (secondary N) is 1. The lowest BCUT2D eigenvalue weighted by Gasteiger charge is -2.13. The minimum Gasteiger partial charge on any atom is -0.348 e. The van der Waals surface area contributed by atoms with Crippen LogP contribution in [0.4, 0.5) is 13.2 Å². The summed E-state index contributed by atoms with van der Waals surface area (Å²) in [5.74, 6) is -0.238. The largest absolute Gasteiger partial charge is 0.442 e. The molecule has 0 aromatic carbocycles. The van der Waals surface area contributed by atoms with Crippen molar-refractivity contribution in [1.82, 2.24) is 19.9 Å². The summed E-state index contributed by atoms with van der Waals surface area (Å²) in [6.07, 6.45) is 1.71. The van der Waals surface area contributed by atoms with Gasteiger partial charge in [-0.2, -0.15) is 13.2 Å². The van der Waals surface area contributed by atoms with E-state index in [1.165, 1.54) is 6.92 Å². The number of alkyl halides is 3. The molecular formula is C11H11F3N4OS. The number of rotatable bonds is 4. The Balaban J connectivity index is 1.97. The van der Waals surface area contributed by atoms with Gasteiger partial charge in [0, 0.05) is 6.20 Å². The summed E-state index contributed by atoms with van der Waals surface area (Å²) < 4.78 is 38.1. The number of pyridine rings is 1. The van der Waals surface area contributed by atoms with Crippen LogP contribution in [0, 0.1) is 0 Å². The van der Waals surface area contributed by atoms with Gasteiger partial charge in [0.1, 0.15) is 0 Å². The maximum atomic E-state index is 12.1. The molecule has 0 saturated heterocycles. The van der Waals surface area contributed by atoms with Gasteiger partial charge >= 0.3 is 5.51 Å². The van der Waals surface area contributed by atoms with Crippen LogP contribution in [0.3, 0.4) is 0 Å². The van der Waals surface area contributed by atoms with E-state index in [0.717, 1.165) is 0 Å². The Kier molecular flexibility index (Phi) is 4.17. The summed E-state index contributed by atoms with van der Waals surface area (Å²) in [6.45, 7) is 1.22. The second-order valence-corrected chi connectivity index (χ2v) is 5.37. The molecule has 0 radical (unpaired) electrons. The van der Waals surface area contributed by atoms with Crippen LogP contribution in [0.5, 0.6) is 0 Å². The highest BCUT2D eigenvalue weighted by atomic mass is 32.2. The van der Waals surface area contributed by atoms with Crippen molar-refractivity contribution in [3.8, 4) is 0 Å². The van der Waals surface area contributed by atoms with Crippen molar-refractivity contribution in [1.29, 1.82) is 0 Å². The molecular weight excluding hydrogens is 293 g/mol. The van der Waals surface area contributed by atoms with Gasteiger partial charge in [0.15, 0.2) is 11.5 Å². The lowest BCUT2D eigenvalue weighted by Crippen LogP contribution is -2.32. The molecule has 20 heavy (non-hydrogen) atoms. The predicted molar refractivity (Wildman–Crippen MR) is 67.9 cm³/mol. The van der Waals surface area contributed by atoms with Crippen LogP contribution in [0.2, 0.25) is 0 Å².